The predicted molar refractivity (Wildman–Crippen MR) is 110 cm³/mol. The van der Waals surface area contributed by atoms with E-state index < -0.39 is 10.0 Å². The molecule has 0 saturated heterocycles. The zero-order chi connectivity index (χ0) is 16.7. The van der Waals surface area contributed by atoms with Crippen LogP contribution in [0.2, 0.25) is 0 Å². The Labute approximate surface area is 161 Å². The number of terminal acetylenes is 1. The molecule has 2 rings (SSSR count). The molecular weight excluding hydrogens is 439 g/mol. The average molecular weight is 462 g/mol. The van der Waals surface area contributed by atoms with Crippen molar-refractivity contribution >= 4 is 45.6 Å². The minimum absolute atomic E-state index is 0. The van der Waals surface area contributed by atoms with E-state index in [4.69, 9.17) is 6.42 Å². The first-order valence-electron chi connectivity index (χ1n) is 7.62. The van der Waals surface area contributed by atoms with Crippen LogP contribution >= 0.6 is 24.0 Å². The summed E-state index contributed by atoms with van der Waals surface area (Å²) in [6, 6.07) is 7.61. The van der Waals surface area contributed by atoms with E-state index in [1.165, 1.54) is 4.31 Å². The molecule has 0 atom stereocenters. The summed E-state index contributed by atoms with van der Waals surface area (Å²) in [5.41, 5.74) is 1.86. The normalized spacial score (nSPS) is 13.7. The van der Waals surface area contributed by atoms with Gasteiger partial charge in [0.15, 0.2) is 5.96 Å². The molecule has 0 bridgehead atoms. The molecule has 1 heterocycles. The SMILES string of the molecule is C#CCNC(=NCCS(=O)(=O)N1CCc2ccccc21)NCC.I. The molecule has 1 aliphatic heterocycles. The second-order valence-corrected chi connectivity index (χ2v) is 7.10. The Hall–Kier alpha value is -1.47. The first-order chi connectivity index (χ1) is 11.1. The molecular formula is C16H23IN4O2S. The molecule has 8 heteroatoms. The summed E-state index contributed by atoms with van der Waals surface area (Å²) in [5.74, 6) is 2.96. The third kappa shape index (κ3) is 5.27. The number of fused-ring (bicyclic) bond motifs is 1. The Morgan fingerprint density at radius 3 is 2.83 bits per heavy atom. The fourth-order valence-electron chi connectivity index (χ4n) is 2.46. The lowest BCUT2D eigenvalue weighted by Gasteiger charge is -2.19. The molecule has 24 heavy (non-hydrogen) atoms. The van der Waals surface area contributed by atoms with Gasteiger partial charge in [-0.25, -0.2) is 8.42 Å². The van der Waals surface area contributed by atoms with Gasteiger partial charge in [0.05, 0.1) is 24.5 Å². The average Bonchev–Trinajstić information content (AvgIpc) is 2.97. The van der Waals surface area contributed by atoms with Crippen LogP contribution in [-0.4, -0.2) is 46.3 Å². The Balaban J connectivity index is 0.00000288. The Morgan fingerprint density at radius 2 is 2.12 bits per heavy atom. The fraction of sp³-hybridized carbons (Fsp3) is 0.438. The van der Waals surface area contributed by atoms with Gasteiger partial charge in [-0.1, -0.05) is 24.1 Å². The summed E-state index contributed by atoms with van der Waals surface area (Å²) < 4.78 is 26.6. The van der Waals surface area contributed by atoms with Gasteiger partial charge in [0.25, 0.3) is 0 Å². The van der Waals surface area contributed by atoms with Crippen LogP contribution in [0, 0.1) is 12.3 Å². The maximum absolute atomic E-state index is 12.5. The fourth-order valence-corrected chi connectivity index (χ4v) is 3.85. The van der Waals surface area contributed by atoms with Crippen molar-refractivity contribution < 1.29 is 8.42 Å². The van der Waals surface area contributed by atoms with Gasteiger partial charge in [-0.15, -0.1) is 30.4 Å². The summed E-state index contributed by atoms with van der Waals surface area (Å²) in [5, 5.41) is 5.96. The van der Waals surface area contributed by atoms with E-state index in [9.17, 15) is 8.42 Å². The highest BCUT2D eigenvalue weighted by Crippen LogP contribution is 2.29. The highest BCUT2D eigenvalue weighted by molar-refractivity contribution is 14.0. The quantitative estimate of drug-likeness (QED) is 0.288. The van der Waals surface area contributed by atoms with E-state index in [-0.39, 0.29) is 36.3 Å². The van der Waals surface area contributed by atoms with Gasteiger partial charge in [0.1, 0.15) is 0 Å². The second kappa shape index (κ2) is 9.74. The number of hydrogen-bond donors (Lipinski definition) is 2. The summed E-state index contributed by atoms with van der Waals surface area (Å²) >= 11 is 0. The molecule has 1 aliphatic rings. The van der Waals surface area contributed by atoms with Gasteiger partial charge in [-0.2, -0.15) is 0 Å². The summed E-state index contributed by atoms with van der Waals surface area (Å²) in [6.45, 7) is 3.65. The van der Waals surface area contributed by atoms with Gasteiger partial charge in [-0.05, 0) is 25.0 Å². The topological polar surface area (TPSA) is 73.8 Å². The lowest BCUT2D eigenvalue weighted by molar-refractivity contribution is 0.592. The van der Waals surface area contributed by atoms with Gasteiger partial charge < -0.3 is 10.6 Å². The van der Waals surface area contributed by atoms with Crippen molar-refractivity contribution in [3.63, 3.8) is 0 Å². The van der Waals surface area contributed by atoms with Crippen molar-refractivity contribution in [2.24, 2.45) is 4.99 Å². The van der Waals surface area contributed by atoms with Gasteiger partial charge in [-0.3, -0.25) is 9.30 Å². The van der Waals surface area contributed by atoms with Crippen LogP contribution in [0.1, 0.15) is 12.5 Å². The Kier molecular flexibility index (Phi) is 8.35. The Morgan fingerprint density at radius 1 is 1.38 bits per heavy atom. The zero-order valence-corrected chi connectivity index (χ0v) is 16.8. The van der Waals surface area contributed by atoms with E-state index in [0.29, 0.717) is 25.6 Å². The molecule has 1 aromatic rings. The third-order valence-electron chi connectivity index (χ3n) is 3.50. The predicted octanol–water partition coefficient (Wildman–Crippen LogP) is 1.19. The zero-order valence-electron chi connectivity index (χ0n) is 13.7. The molecule has 0 saturated carbocycles. The first kappa shape index (κ1) is 20.6. The lowest BCUT2D eigenvalue weighted by Crippen LogP contribution is -2.38. The van der Waals surface area contributed by atoms with E-state index in [1.807, 2.05) is 31.2 Å². The molecule has 1 aromatic carbocycles. The molecule has 6 nitrogen and oxygen atoms in total. The van der Waals surface area contributed by atoms with E-state index in [2.05, 4.69) is 21.5 Å². The number of rotatable bonds is 6. The number of nitrogens with one attached hydrogen (secondary N) is 2. The molecule has 0 unspecified atom stereocenters. The molecule has 2 N–H and O–H groups in total. The maximum atomic E-state index is 12.5. The highest BCUT2D eigenvalue weighted by Gasteiger charge is 2.28. The van der Waals surface area contributed by atoms with Crippen LogP contribution in [0.5, 0.6) is 0 Å². The summed E-state index contributed by atoms with van der Waals surface area (Å²) in [4.78, 5) is 4.26. The van der Waals surface area contributed by atoms with Gasteiger partial charge in [0.2, 0.25) is 10.0 Å². The number of halogens is 1. The summed E-state index contributed by atoms with van der Waals surface area (Å²) in [7, 11) is -3.37. The van der Waals surface area contributed by atoms with Crippen molar-refractivity contribution in [2.75, 3.05) is 36.2 Å². The molecule has 0 amide bonds. The van der Waals surface area contributed by atoms with Crippen molar-refractivity contribution in [3.8, 4) is 12.3 Å². The van der Waals surface area contributed by atoms with E-state index in [0.717, 1.165) is 17.7 Å². The first-order valence-corrected chi connectivity index (χ1v) is 9.23. The monoisotopic (exact) mass is 462 g/mol. The molecule has 0 radical (unpaired) electrons. The molecule has 132 valence electrons. The molecule has 0 fully saturated rings. The molecule has 0 aromatic heterocycles. The number of para-hydroxylation sites is 1. The number of benzene rings is 1. The minimum Gasteiger partial charge on any atom is -0.357 e. The largest absolute Gasteiger partial charge is 0.357 e. The van der Waals surface area contributed by atoms with Crippen LogP contribution in [0.3, 0.4) is 0 Å². The van der Waals surface area contributed by atoms with Crippen molar-refractivity contribution in [3.05, 3.63) is 29.8 Å². The number of aliphatic imine (C=N–C) groups is 1. The van der Waals surface area contributed by atoms with Crippen LogP contribution in [-0.2, 0) is 16.4 Å². The number of sulfonamides is 1. The number of hydrogen-bond acceptors (Lipinski definition) is 3. The van der Waals surface area contributed by atoms with Crippen molar-refractivity contribution in [2.45, 2.75) is 13.3 Å². The minimum atomic E-state index is -3.37. The summed E-state index contributed by atoms with van der Waals surface area (Å²) in [6.07, 6.45) is 5.96. The van der Waals surface area contributed by atoms with Crippen LogP contribution in [0.25, 0.3) is 0 Å². The second-order valence-electron chi connectivity index (χ2n) is 5.09. The lowest BCUT2D eigenvalue weighted by atomic mass is 10.2. The smallest absolute Gasteiger partial charge is 0.237 e. The van der Waals surface area contributed by atoms with Crippen molar-refractivity contribution in [1.82, 2.24) is 10.6 Å². The van der Waals surface area contributed by atoms with Crippen molar-refractivity contribution in [1.29, 1.82) is 0 Å². The number of anilines is 1. The number of nitrogens with zero attached hydrogens (tertiary/aromatic N) is 2. The van der Waals surface area contributed by atoms with Crippen LogP contribution < -0.4 is 14.9 Å². The van der Waals surface area contributed by atoms with E-state index >= 15 is 0 Å². The molecule has 0 spiro atoms. The van der Waals surface area contributed by atoms with E-state index in [1.54, 1.807) is 0 Å². The van der Waals surface area contributed by atoms with Gasteiger partial charge in [0, 0.05) is 13.1 Å². The molecule has 0 aliphatic carbocycles. The maximum Gasteiger partial charge on any atom is 0.237 e. The van der Waals surface area contributed by atoms with Crippen LogP contribution in [0.4, 0.5) is 5.69 Å². The third-order valence-corrected chi connectivity index (χ3v) is 5.25. The van der Waals surface area contributed by atoms with Crippen LogP contribution in [0.15, 0.2) is 29.3 Å². The Bertz CT molecular complexity index is 713. The number of guanidine groups is 1. The van der Waals surface area contributed by atoms with Gasteiger partial charge >= 0.3 is 0 Å². The highest BCUT2D eigenvalue weighted by atomic mass is 127. The standard InChI is InChI=1S/C16H22N4O2S.HI/c1-3-10-18-16(17-4-2)19-11-13-23(21,22)20-12-9-14-7-5-6-8-15(14)20;/h1,5-8H,4,9-13H2,2H3,(H2,17,18,19);1H.